The number of fused-ring (bicyclic) bond motifs is 2. The maximum absolute atomic E-state index is 12.0. The van der Waals surface area contributed by atoms with Gasteiger partial charge in [0.25, 0.3) is 0 Å². The zero-order valence-electron chi connectivity index (χ0n) is 10.2. The summed E-state index contributed by atoms with van der Waals surface area (Å²) in [6.45, 7) is 0. The molecule has 0 radical (unpaired) electrons. The summed E-state index contributed by atoms with van der Waals surface area (Å²) in [7, 11) is 4.47. The second kappa shape index (κ2) is 4.64. The summed E-state index contributed by atoms with van der Waals surface area (Å²) < 4.78 is 22.6. The van der Waals surface area contributed by atoms with E-state index in [-0.39, 0.29) is 12.1 Å². The third-order valence-electron chi connectivity index (χ3n) is 3.89. The molecule has 0 aromatic heterocycles. The van der Waals surface area contributed by atoms with Crippen molar-refractivity contribution in [1.29, 1.82) is 0 Å². The largest absolute Gasteiger partial charge is 0.469 e. The van der Waals surface area contributed by atoms with E-state index >= 15 is 0 Å². The smallest absolute Gasteiger partial charge is 0.317 e. The summed E-state index contributed by atoms with van der Waals surface area (Å²) in [5, 5.41) is 0. The van der Waals surface area contributed by atoms with Crippen molar-refractivity contribution < 1.29 is 23.7 Å². The average molecular weight is 356 g/mol. The molecule has 2 bridgehead atoms. The van der Waals surface area contributed by atoms with Crippen LogP contribution in [0.5, 0.6) is 0 Å². The standard InChI is InChI=1S/C11H17IO5/c1-14-9(13)8-10(6-12)5-4-7(17-10)11(8,15-2)16-3/h7-8H,4-6H2,1-3H3/t7-,8-,10?/m1/s1. The van der Waals surface area contributed by atoms with Crippen LogP contribution < -0.4 is 0 Å². The van der Waals surface area contributed by atoms with Gasteiger partial charge in [0.15, 0.2) is 0 Å². The van der Waals surface area contributed by atoms with Gasteiger partial charge in [-0.1, -0.05) is 22.6 Å². The molecule has 0 aliphatic carbocycles. The van der Waals surface area contributed by atoms with Gasteiger partial charge in [-0.25, -0.2) is 0 Å². The Bertz CT molecular complexity index is 317. The Morgan fingerprint density at radius 2 is 2.06 bits per heavy atom. The molecule has 0 aromatic rings. The van der Waals surface area contributed by atoms with Crippen molar-refractivity contribution in [3.63, 3.8) is 0 Å². The molecule has 2 fully saturated rings. The van der Waals surface area contributed by atoms with Crippen LogP contribution in [0.3, 0.4) is 0 Å². The molecule has 0 amide bonds. The maximum Gasteiger partial charge on any atom is 0.317 e. The van der Waals surface area contributed by atoms with E-state index in [1.54, 1.807) is 14.2 Å². The molecule has 3 atom stereocenters. The summed E-state index contributed by atoms with van der Waals surface area (Å²) in [6, 6.07) is 0. The highest BCUT2D eigenvalue weighted by molar-refractivity contribution is 14.1. The number of halogens is 1. The van der Waals surface area contributed by atoms with Crippen LogP contribution in [0.2, 0.25) is 0 Å². The highest BCUT2D eigenvalue weighted by Gasteiger charge is 2.71. The van der Waals surface area contributed by atoms with Crippen LogP contribution in [-0.2, 0) is 23.7 Å². The van der Waals surface area contributed by atoms with Crippen LogP contribution >= 0.6 is 22.6 Å². The molecular weight excluding hydrogens is 339 g/mol. The van der Waals surface area contributed by atoms with Gasteiger partial charge < -0.3 is 18.9 Å². The molecule has 2 saturated heterocycles. The van der Waals surface area contributed by atoms with Crippen molar-refractivity contribution in [3.05, 3.63) is 0 Å². The van der Waals surface area contributed by atoms with Gasteiger partial charge in [0.05, 0.1) is 12.7 Å². The fourth-order valence-electron chi connectivity index (χ4n) is 3.08. The number of carbonyl (C=O) groups is 1. The molecule has 2 heterocycles. The molecule has 2 aliphatic heterocycles. The summed E-state index contributed by atoms with van der Waals surface area (Å²) in [4.78, 5) is 12.0. The van der Waals surface area contributed by atoms with Gasteiger partial charge in [0, 0.05) is 18.6 Å². The number of methoxy groups -OCH3 is 3. The van der Waals surface area contributed by atoms with Gasteiger partial charge in [-0.05, 0) is 12.8 Å². The molecule has 0 aromatic carbocycles. The van der Waals surface area contributed by atoms with Crippen LogP contribution in [0.4, 0.5) is 0 Å². The monoisotopic (exact) mass is 356 g/mol. The number of esters is 1. The van der Waals surface area contributed by atoms with E-state index in [1.165, 1.54) is 7.11 Å². The van der Waals surface area contributed by atoms with E-state index < -0.39 is 17.3 Å². The van der Waals surface area contributed by atoms with Gasteiger partial charge in [-0.3, -0.25) is 4.79 Å². The van der Waals surface area contributed by atoms with E-state index in [1.807, 2.05) is 0 Å². The zero-order valence-corrected chi connectivity index (χ0v) is 12.4. The van der Waals surface area contributed by atoms with Crippen LogP contribution in [0.1, 0.15) is 12.8 Å². The predicted octanol–water partition coefficient (Wildman–Crippen LogP) is 1.13. The van der Waals surface area contributed by atoms with Gasteiger partial charge in [-0.2, -0.15) is 0 Å². The number of hydrogen-bond acceptors (Lipinski definition) is 5. The van der Waals surface area contributed by atoms with E-state index in [0.29, 0.717) is 0 Å². The van der Waals surface area contributed by atoms with Crippen molar-refractivity contribution in [1.82, 2.24) is 0 Å². The molecule has 0 saturated carbocycles. The number of ether oxygens (including phenoxy) is 4. The lowest BCUT2D eigenvalue weighted by molar-refractivity contribution is -0.255. The SMILES string of the molecule is COC(=O)[C@@H]1C2(CI)CC[C@@H](O2)C1(OC)OC. The van der Waals surface area contributed by atoms with E-state index in [2.05, 4.69) is 22.6 Å². The summed E-state index contributed by atoms with van der Waals surface area (Å²) >= 11 is 2.24. The normalized spacial score (nSPS) is 38.4. The summed E-state index contributed by atoms with van der Waals surface area (Å²) in [6.07, 6.45) is 1.49. The van der Waals surface area contributed by atoms with Crippen molar-refractivity contribution in [3.8, 4) is 0 Å². The average Bonchev–Trinajstić information content (AvgIpc) is 2.92. The minimum absolute atomic E-state index is 0.198. The van der Waals surface area contributed by atoms with Gasteiger partial charge in [0.1, 0.15) is 12.0 Å². The number of alkyl halides is 1. The first-order chi connectivity index (χ1) is 8.10. The quantitative estimate of drug-likeness (QED) is 0.327. The summed E-state index contributed by atoms with van der Waals surface area (Å²) in [5.41, 5.74) is -0.510. The van der Waals surface area contributed by atoms with E-state index in [0.717, 1.165) is 17.3 Å². The lowest BCUT2D eigenvalue weighted by Crippen LogP contribution is -2.57. The third kappa shape index (κ3) is 1.64. The molecule has 0 N–H and O–H groups in total. The highest BCUT2D eigenvalue weighted by Crippen LogP contribution is 2.56. The Morgan fingerprint density at radius 3 is 2.53 bits per heavy atom. The van der Waals surface area contributed by atoms with Crippen molar-refractivity contribution >= 4 is 28.6 Å². The second-order valence-corrected chi connectivity index (χ2v) is 5.19. The van der Waals surface area contributed by atoms with E-state index in [4.69, 9.17) is 18.9 Å². The fraction of sp³-hybridized carbons (Fsp3) is 0.909. The topological polar surface area (TPSA) is 54.0 Å². The van der Waals surface area contributed by atoms with Crippen LogP contribution in [-0.4, -0.2) is 49.2 Å². The Kier molecular flexibility index (Phi) is 3.69. The lowest BCUT2D eigenvalue weighted by atomic mass is 9.75. The molecule has 2 rings (SSSR count). The third-order valence-corrected chi connectivity index (χ3v) is 5.18. The minimum atomic E-state index is -1.00. The molecule has 5 nitrogen and oxygen atoms in total. The Balaban J connectivity index is 2.43. The molecule has 6 heteroatoms. The van der Waals surface area contributed by atoms with Crippen LogP contribution in [0.15, 0.2) is 0 Å². The van der Waals surface area contributed by atoms with Gasteiger partial charge >= 0.3 is 5.97 Å². The fourth-order valence-corrected chi connectivity index (χ4v) is 4.08. The van der Waals surface area contributed by atoms with Gasteiger partial charge in [0.2, 0.25) is 5.79 Å². The van der Waals surface area contributed by atoms with Crippen molar-refractivity contribution in [2.75, 3.05) is 25.8 Å². The highest BCUT2D eigenvalue weighted by atomic mass is 127. The molecule has 0 spiro atoms. The number of rotatable bonds is 4. The second-order valence-electron chi connectivity index (χ2n) is 4.43. The van der Waals surface area contributed by atoms with Crippen molar-refractivity contribution in [2.45, 2.75) is 30.3 Å². The maximum atomic E-state index is 12.0. The molecule has 1 unspecified atom stereocenters. The lowest BCUT2D eigenvalue weighted by Gasteiger charge is -2.40. The number of carbonyl (C=O) groups excluding carboxylic acids is 1. The molecule has 17 heavy (non-hydrogen) atoms. The molecule has 2 aliphatic rings. The first-order valence-corrected chi connectivity index (χ1v) is 7.04. The van der Waals surface area contributed by atoms with Gasteiger partial charge in [-0.15, -0.1) is 0 Å². The number of hydrogen-bond donors (Lipinski definition) is 0. The van der Waals surface area contributed by atoms with Crippen LogP contribution in [0.25, 0.3) is 0 Å². The Morgan fingerprint density at radius 1 is 1.41 bits per heavy atom. The summed E-state index contributed by atoms with van der Waals surface area (Å²) in [5.74, 6) is -1.85. The minimum Gasteiger partial charge on any atom is -0.469 e. The Labute approximate surface area is 114 Å². The first-order valence-electron chi connectivity index (χ1n) is 5.52. The van der Waals surface area contributed by atoms with Crippen LogP contribution in [0, 0.1) is 5.92 Å². The van der Waals surface area contributed by atoms with Crippen molar-refractivity contribution in [2.24, 2.45) is 5.92 Å². The first kappa shape index (κ1) is 13.5. The molecule has 98 valence electrons. The van der Waals surface area contributed by atoms with E-state index in [9.17, 15) is 4.79 Å². The Hall–Kier alpha value is 0.0800. The predicted molar refractivity (Wildman–Crippen MR) is 68.0 cm³/mol. The zero-order chi connectivity index (χ0) is 12.7. The molecular formula is C11H17IO5.